The van der Waals surface area contributed by atoms with Crippen LogP contribution in [0.4, 0.5) is 17.3 Å². The molecule has 2 bridgehead atoms. The van der Waals surface area contributed by atoms with E-state index in [1.165, 1.54) is 24.6 Å². The van der Waals surface area contributed by atoms with Gasteiger partial charge in [0.25, 0.3) is 0 Å². The van der Waals surface area contributed by atoms with Crippen molar-refractivity contribution in [3.63, 3.8) is 0 Å². The zero-order valence-electron chi connectivity index (χ0n) is 23.8. The number of nitrogens with zero attached hydrogens (tertiary/aromatic N) is 6. The van der Waals surface area contributed by atoms with Crippen LogP contribution in [-0.2, 0) is 4.79 Å². The number of pyridine rings is 1. The summed E-state index contributed by atoms with van der Waals surface area (Å²) in [5.74, 6) is 3.82. The zero-order chi connectivity index (χ0) is 28.8. The standard InChI is InChI=1S/C31H30N7O3.Li/c1-4-24(39)8-6-21-11-13-38-16-22(21)17-40-28-15-26-29(37-31(28)38)30(35-19-34-26)36-23-7-9-27(20(3)14-23)41-25(5-2)10-12-33-18-32;/h2,4-5,7,9-10,14-15,18-19,21-22H,1,6,8,11,13,16-17H2,3H3,(H,34,35,36);/q-3;+1/b25-10+;/t21?,22-;/m1./s1. The monoisotopic (exact) mass is 555 g/mol. The molecule has 0 aliphatic carbocycles. The molecule has 2 atom stereocenters. The number of benzene rings is 1. The van der Waals surface area contributed by atoms with Crippen molar-refractivity contribution in [2.45, 2.75) is 26.2 Å². The maximum absolute atomic E-state index is 11.8. The second-order valence-electron chi connectivity index (χ2n) is 9.97. The number of hydrogen-bond donors (Lipinski definition) is 1. The Kier molecular flexibility index (Phi) is 10.3. The maximum atomic E-state index is 11.8. The van der Waals surface area contributed by atoms with Crippen molar-refractivity contribution >= 4 is 46.7 Å². The Morgan fingerprint density at radius 2 is 2.24 bits per heavy atom. The molecular weight excluding hydrogens is 525 g/mol. The van der Waals surface area contributed by atoms with Gasteiger partial charge in [-0.1, -0.05) is 6.58 Å². The van der Waals surface area contributed by atoms with Crippen molar-refractivity contribution < 1.29 is 33.1 Å². The summed E-state index contributed by atoms with van der Waals surface area (Å²) in [5.41, 5.74) is 2.97. The molecule has 1 aromatic carbocycles. The third kappa shape index (κ3) is 6.96. The number of allylic oxidation sites excluding steroid dienone is 3. The van der Waals surface area contributed by atoms with Gasteiger partial charge in [0, 0.05) is 42.9 Å². The molecule has 3 aromatic rings. The van der Waals surface area contributed by atoms with Crippen LogP contribution in [0.3, 0.4) is 0 Å². The largest absolute Gasteiger partial charge is 1.00 e. The molecule has 210 valence electrons. The molecule has 0 radical (unpaired) electrons. The number of carbonyl (C=O) groups excluding carboxylic acids is 1. The van der Waals surface area contributed by atoms with E-state index in [-0.39, 0.29) is 24.6 Å². The number of piperidine rings is 1. The summed E-state index contributed by atoms with van der Waals surface area (Å²) in [7, 11) is 0. The van der Waals surface area contributed by atoms with Crippen LogP contribution in [0, 0.1) is 25.3 Å². The van der Waals surface area contributed by atoms with E-state index in [1.807, 2.05) is 31.2 Å². The summed E-state index contributed by atoms with van der Waals surface area (Å²) >= 11 is 0. The molecule has 10 nitrogen and oxygen atoms in total. The first-order valence-corrected chi connectivity index (χ1v) is 13.4. The van der Waals surface area contributed by atoms with Gasteiger partial charge in [-0.25, -0.2) is 27.5 Å². The number of aromatic nitrogens is 3. The van der Waals surface area contributed by atoms with Gasteiger partial charge in [0.15, 0.2) is 23.2 Å². The molecule has 2 aliphatic rings. The number of ketones is 1. The Bertz CT molecular complexity index is 1560. The van der Waals surface area contributed by atoms with Gasteiger partial charge in [-0.15, -0.1) is 6.08 Å². The van der Waals surface area contributed by atoms with Crippen molar-refractivity contribution in [1.82, 2.24) is 15.0 Å². The van der Waals surface area contributed by atoms with E-state index in [9.17, 15) is 4.79 Å². The summed E-state index contributed by atoms with van der Waals surface area (Å²) in [6.45, 7) is 13.4. The average molecular weight is 556 g/mol. The number of nitrogens with one attached hydrogen (secondary N) is 1. The Balaban J connectivity index is 0.00000405. The molecule has 1 N–H and O–H groups in total. The number of fused-ring (bicyclic) bond motifs is 5. The first-order chi connectivity index (χ1) is 20.0. The van der Waals surface area contributed by atoms with Crippen molar-refractivity contribution in [2.75, 3.05) is 29.9 Å². The van der Waals surface area contributed by atoms with Gasteiger partial charge in [-0.3, -0.25) is 11.4 Å². The summed E-state index contributed by atoms with van der Waals surface area (Å²) in [6.07, 6.45) is 11.1. The van der Waals surface area contributed by atoms with Crippen LogP contribution >= 0.6 is 0 Å². The molecule has 1 unspecified atom stereocenters. The molecule has 1 fully saturated rings. The minimum absolute atomic E-state index is 0. The fraction of sp³-hybridized carbons (Fsp3) is 0.290. The number of carbonyl (C=O) groups is 1. The molecule has 0 spiro atoms. The predicted molar refractivity (Wildman–Crippen MR) is 160 cm³/mol. The number of aryl methyl sites for hydroxylation is 1. The van der Waals surface area contributed by atoms with Crippen LogP contribution in [0.15, 0.2) is 66.2 Å². The van der Waals surface area contributed by atoms with E-state index in [1.54, 1.807) is 0 Å². The Morgan fingerprint density at radius 1 is 1.38 bits per heavy atom. The van der Waals surface area contributed by atoms with Crippen molar-refractivity contribution in [3.8, 4) is 11.5 Å². The first kappa shape index (κ1) is 30.7. The second-order valence-corrected chi connectivity index (χ2v) is 9.97. The van der Waals surface area contributed by atoms with Crippen LogP contribution in [0.2, 0.25) is 0 Å². The Labute approximate surface area is 257 Å². The van der Waals surface area contributed by atoms with Gasteiger partial charge in [0.1, 0.15) is 17.6 Å². The number of rotatable bonds is 11. The van der Waals surface area contributed by atoms with Crippen molar-refractivity contribution in [2.24, 2.45) is 16.8 Å². The van der Waals surface area contributed by atoms with E-state index in [2.05, 4.69) is 38.0 Å². The molecule has 42 heavy (non-hydrogen) atoms. The third-order valence-corrected chi connectivity index (χ3v) is 7.36. The van der Waals surface area contributed by atoms with E-state index < -0.39 is 0 Å². The molecule has 0 amide bonds. The SMILES string of the molecule is [CH-]=C/C(=C\[C-]=NC=[N-])Oc1ccc(Nc2ncnc3cc4c(nc23)N2CCC(CCC(=O)C=C)[C@@H](CO4)C2)cc1C.[Li+]. The van der Waals surface area contributed by atoms with Gasteiger partial charge >= 0.3 is 18.9 Å². The van der Waals surface area contributed by atoms with Crippen LogP contribution in [0.25, 0.3) is 16.4 Å². The van der Waals surface area contributed by atoms with Gasteiger partial charge in [-0.2, -0.15) is 6.08 Å². The molecule has 2 aliphatic heterocycles. The number of aliphatic imine (C=N–C) groups is 1. The van der Waals surface area contributed by atoms with E-state index in [0.29, 0.717) is 65.3 Å². The molecule has 4 heterocycles. The maximum Gasteiger partial charge on any atom is 1.00 e. The number of anilines is 3. The Morgan fingerprint density at radius 3 is 3.00 bits per heavy atom. The fourth-order valence-corrected chi connectivity index (χ4v) is 5.20. The van der Waals surface area contributed by atoms with Crippen LogP contribution in [-0.4, -0.2) is 53.0 Å². The van der Waals surface area contributed by atoms with Crippen LogP contribution < -0.4 is 38.6 Å². The van der Waals surface area contributed by atoms with E-state index >= 15 is 0 Å². The third-order valence-electron chi connectivity index (χ3n) is 7.36. The fourth-order valence-electron chi connectivity index (χ4n) is 5.20. The molecule has 11 heteroatoms. The van der Waals surface area contributed by atoms with Gasteiger partial charge in [0.2, 0.25) is 0 Å². The molecular formula is C31H30LiN7O3-2. The smallest absolute Gasteiger partial charge is 0.577 e. The molecule has 0 saturated carbocycles. The first-order valence-electron chi connectivity index (χ1n) is 13.4. The molecule has 2 aromatic heterocycles. The molecule has 5 rings (SSSR count). The van der Waals surface area contributed by atoms with Gasteiger partial charge in [-0.05, 0) is 55.5 Å². The number of hydrogen-bond acceptors (Lipinski definition) is 8. The summed E-state index contributed by atoms with van der Waals surface area (Å²) in [5, 5.41) is 12.0. The minimum atomic E-state index is 0. The molecule has 1 saturated heterocycles. The number of ether oxygens (including phenoxy) is 2. The van der Waals surface area contributed by atoms with Crippen LogP contribution in [0.5, 0.6) is 11.5 Å². The van der Waals surface area contributed by atoms with Crippen molar-refractivity contribution in [3.05, 3.63) is 78.7 Å². The normalized spacial score (nSPS) is 17.8. The summed E-state index contributed by atoms with van der Waals surface area (Å²) < 4.78 is 12.1. The van der Waals surface area contributed by atoms with Gasteiger partial charge < -0.3 is 30.1 Å². The topological polar surface area (TPSA) is 124 Å². The quantitative estimate of drug-likeness (QED) is 0.0727. The van der Waals surface area contributed by atoms with Crippen LogP contribution in [0.1, 0.15) is 24.8 Å². The second kappa shape index (κ2) is 14.1. The summed E-state index contributed by atoms with van der Waals surface area (Å²) in [4.78, 5) is 31.5. The summed E-state index contributed by atoms with van der Waals surface area (Å²) in [6, 6.07) is 7.53. The van der Waals surface area contributed by atoms with Crippen molar-refractivity contribution in [1.29, 1.82) is 0 Å². The zero-order valence-corrected chi connectivity index (χ0v) is 23.8. The minimum Gasteiger partial charge on any atom is -0.577 e. The predicted octanol–water partition coefficient (Wildman–Crippen LogP) is 2.25. The average Bonchev–Trinajstić information content (AvgIpc) is 3.12. The Hall–Kier alpha value is -4.26. The van der Waals surface area contributed by atoms with E-state index in [0.717, 1.165) is 43.0 Å². The van der Waals surface area contributed by atoms with Gasteiger partial charge in [0.05, 0.1) is 12.1 Å². The van der Waals surface area contributed by atoms with E-state index in [4.69, 9.17) is 26.4 Å².